The monoisotopic (exact) mass is 363 g/mol. The van der Waals surface area contributed by atoms with Crippen molar-refractivity contribution >= 4 is 17.5 Å². The van der Waals surface area contributed by atoms with E-state index in [2.05, 4.69) is 5.32 Å². The van der Waals surface area contributed by atoms with E-state index in [9.17, 15) is 9.59 Å². The molecule has 0 bridgehead atoms. The summed E-state index contributed by atoms with van der Waals surface area (Å²) in [5, 5.41) is 2.77. The molecule has 0 fully saturated rings. The second-order valence-corrected chi connectivity index (χ2v) is 6.08. The fourth-order valence-corrected chi connectivity index (χ4v) is 2.72. The van der Waals surface area contributed by atoms with Gasteiger partial charge in [0.2, 0.25) is 5.91 Å². The van der Waals surface area contributed by atoms with Gasteiger partial charge >= 0.3 is 0 Å². The van der Waals surface area contributed by atoms with E-state index in [0.717, 1.165) is 5.69 Å². The molecule has 2 amide bonds. The van der Waals surface area contributed by atoms with Crippen molar-refractivity contribution in [2.45, 2.75) is 0 Å². The predicted molar refractivity (Wildman–Crippen MR) is 104 cm³/mol. The molecule has 1 heterocycles. The quantitative estimate of drug-likeness (QED) is 0.731. The molecule has 6 nitrogen and oxygen atoms in total. The number of hydrogen-bond acceptors (Lipinski definition) is 3. The molecule has 0 saturated heterocycles. The normalized spacial score (nSPS) is 10.3. The molecule has 3 aromatic rings. The van der Waals surface area contributed by atoms with Crippen LogP contribution in [-0.2, 0) is 4.79 Å². The predicted octanol–water partition coefficient (Wildman–Crippen LogP) is 3.20. The number of ether oxygens (including phenoxy) is 1. The van der Waals surface area contributed by atoms with Crippen LogP contribution in [0.5, 0.6) is 5.75 Å². The SMILES string of the molecule is COc1cccc(NC(=O)CN(C)C(=O)c2cccc(-n3cccc3)c2)c1. The molecule has 6 heteroatoms. The number of hydrogen-bond donors (Lipinski definition) is 1. The number of nitrogens with zero attached hydrogens (tertiary/aromatic N) is 2. The highest BCUT2D eigenvalue weighted by Gasteiger charge is 2.16. The first-order chi connectivity index (χ1) is 13.1. The van der Waals surface area contributed by atoms with Gasteiger partial charge in [-0.25, -0.2) is 0 Å². The van der Waals surface area contributed by atoms with Crippen molar-refractivity contribution in [3.63, 3.8) is 0 Å². The van der Waals surface area contributed by atoms with Crippen LogP contribution in [0.15, 0.2) is 73.1 Å². The molecule has 2 aromatic carbocycles. The lowest BCUT2D eigenvalue weighted by Gasteiger charge is -2.17. The molecule has 0 aliphatic carbocycles. The summed E-state index contributed by atoms with van der Waals surface area (Å²) >= 11 is 0. The average Bonchev–Trinajstić information content (AvgIpc) is 3.22. The van der Waals surface area contributed by atoms with Crippen molar-refractivity contribution in [2.24, 2.45) is 0 Å². The summed E-state index contributed by atoms with van der Waals surface area (Å²) < 4.78 is 7.06. The van der Waals surface area contributed by atoms with Crippen LogP contribution in [0, 0.1) is 0 Å². The molecular weight excluding hydrogens is 342 g/mol. The van der Waals surface area contributed by atoms with E-state index in [-0.39, 0.29) is 18.4 Å². The summed E-state index contributed by atoms with van der Waals surface area (Å²) in [5.74, 6) is 0.157. The highest BCUT2D eigenvalue weighted by atomic mass is 16.5. The number of nitrogens with one attached hydrogen (secondary N) is 1. The summed E-state index contributed by atoms with van der Waals surface area (Å²) in [5.41, 5.74) is 2.03. The molecule has 3 rings (SSSR count). The minimum Gasteiger partial charge on any atom is -0.497 e. The lowest BCUT2D eigenvalue weighted by atomic mass is 10.1. The van der Waals surface area contributed by atoms with Crippen molar-refractivity contribution in [3.8, 4) is 11.4 Å². The second kappa shape index (κ2) is 8.23. The second-order valence-electron chi connectivity index (χ2n) is 6.08. The van der Waals surface area contributed by atoms with Crippen LogP contribution < -0.4 is 10.1 Å². The molecule has 1 aromatic heterocycles. The molecule has 1 N–H and O–H groups in total. The Morgan fingerprint density at radius 1 is 1.04 bits per heavy atom. The van der Waals surface area contributed by atoms with Gasteiger partial charge < -0.3 is 19.5 Å². The highest BCUT2D eigenvalue weighted by Crippen LogP contribution is 2.17. The van der Waals surface area contributed by atoms with Gasteiger partial charge in [0, 0.05) is 42.4 Å². The zero-order valence-electron chi connectivity index (χ0n) is 15.3. The third kappa shape index (κ3) is 4.55. The molecule has 138 valence electrons. The third-order valence-corrected chi connectivity index (χ3v) is 4.08. The van der Waals surface area contributed by atoms with Gasteiger partial charge in [0.15, 0.2) is 0 Å². The molecule has 27 heavy (non-hydrogen) atoms. The maximum Gasteiger partial charge on any atom is 0.254 e. The molecule has 0 aliphatic heterocycles. The Bertz CT molecular complexity index is 935. The number of carbonyl (C=O) groups is 2. The van der Waals surface area contributed by atoms with Crippen molar-refractivity contribution in [1.29, 1.82) is 0 Å². The van der Waals surface area contributed by atoms with Crippen molar-refractivity contribution < 1.29 is 14.3 Å². The van der Waals surface area contributed by atoms with Gasteiger partial charge in [-0.3, -0.25) is 9.59 Å². The van der Waals surface area contributed by atoms with Gasteiger partial charge in [-0.15, -0.1) is 0 Å². The van der Waals surface area contributed by atoms with E-state index in [1.165, 1.54) is 4.90 Å². The fraction of sp³-hybridized carbons (Fsp3) is 0.143. The van der Waals surface area contributed by atoms with Crippen LogP contribution in [-0.4, -0.2) is 42.0 Å². The number of benzene rings is 2. The van der Waals surface area contributed by atoms with Gasteiger partial charge in [0.05, 0.1) is 13.7 Å². The standard InChI is InChI=1S/C21H21N3O3/c1-23(15-20(25)22-17-8-6-10-19(14-17)27-2)21(26)16-7-5-9-18(13-16)24-11-3-4-12-24/h3-14H,15H2,1-2H3,(H,22,25). The first kappa shape index (κ1) is 18.3. The fourth-order valence-electron chi connectivity index (χ4n) is 2.72. The van der Waals surface area contributed by atoms with E-state index in [4.69, 9.17) is 4.74 Å². The molecule has 0 radical (unpaired) electrons. The first-order valence-corrected chi connectivity index (χ1v) is 8.49. The number of carbonyl (C=O) groups excluding carboxylic acids is 2. The number of aromatic nitrogens is 1. The number of anilines is 1. The third-order valence-electron chi connectivity index (χ3n) is 4.08. The molecule has 0 aliphatic rings. The minimum atomic E-state index is -0.277. The van der Waals surface area contributed by atoms with Gasteiger partial charge in [0.25, 0.3) is 5.91 Å². The zero-order valence-corrected chi connectivity index (χ0v) is 15.3. The van der Waals surface area contributed by atoms with Crippen molar-refractivity contribution in [1.82, 2.24) is 9.47 Å². The maximum atomic E-state index is 12.7. The van der Waals surface area contributed by atoms with Gasteiger partial charge in [-0.1, -0.05) is 12.1 Å². The topological polar surface area (TPSA) is 63.6 Å². The van der Waals surface area contributed by atoms with Crippen LogP contribution in [0.3, 0.4) is 0 Å². The van der Waals surface area contributed by atoms with Crippen LogP contribution in [0.25, 0.3) is 5.69 Å². The Labute approximate surface area is 158 Å². The van der Waals surface area contributed by atoms with Gasteiger partial charge in [-0.2, -0.15) is 0 Å². The molecule has 0 spiro atoms. The van der Waals surface area contributed by atoms with Crippen LogP contribution in [0.2, 0.25) is 0 Å². The summed E-state index contributed by atoms with van der Waals surface area (Å²) in [6.07, 6.45) is 3.82. The Morgan fingerprint density at radius 3 is 2.52 bits per heavy atom. The highest BCUT2D eigenvalue weighted by molar-refractivity contribution is 5.99. The minimum absolute atomic E-state index is 0.0518. The molecular formula is C21H21N3O3. The summed E-state index contributed by atoms with van der Waals surface area (Å²) in [7, 11) is 3.17. The van der Waals surface area contributed by atoms with E-state index in [1.54, 1.807) is 50.6 Å². The van der Waals surface area contributed by atoms with Crippen LogP contribution >= 0.6 is 0 Å². The van der Waals surface area contributed by atoms with E-state index >= 15 is 0 Å². The Morgan fingerprint density at radius 2 is 1.78 bits per heavy atom. The summed E-state index contributed by atoms with van der Waals surface area (Å²) in [6, 6.07) is 18.2. The average molecular weight is 363 g/mol. The van der Waals surface area contributed by atoms with Crippen molar-refractivity contribution in [3.05, 3.63) is 78.6 Å². The van der Waals surface area contributed by atoms with Crippen molar-refractivity contribution in [2.75, 3.05) is 26.0 Å². The molecule has 0 unspecified atom stereocenters. The Hall–Kier alpha value is -3.54. The van der Waals surface area contributed by atoms with Crippen LogP contribution in [0.1, 0.15) is 10.4 Å². The zero-order chi connectivity index (χ0) is 19.2. The molecule has 0 atom stereocenters. The van der Waals surface area contributed by atoms with Gasteiger partial charge in [-0.05, 0) is 42.5 Å². The Kier molecular flexibility index (Phi) is 5.56. The van der Waals surface area contributed by atoms with Gasteiger partial charge in [0.1, 0.15) is 5.75 Å². The summed E-state index contributed by atoms with van der Waals surface area (Å²) in [4.78, 5) is 26.3. The van der Waals surface area contributed by atoms with E-state index in [0.29, 0.717) is 17.0 Å². The van der Waals surface area contributed by atoms with E-state index in [1.807, 2.05) is 41.2 Å². The number of likely N-dealkylation sites (N-methyl/N-ethyl adjacent to an activating group) is 1. The molecule has 0 saturated carbocycles. The largest absolute Gasteiger partial charge is 0.497 e. The first-order valence-electron chi connectivity index (χ1n) is 8.49. The lowest BCUT2D eigenvalue weighted by Crippen LogP contribution is -2.35. The maximum absolute atomic E-state index is 12.7. The lowest BCUT2D eigenvalue weighted by molar-refractivity contribution is -0.116. The number of amides is 2. The Balaban J connectivity index is 1.65. The number of rotatable bonds is 6. The summed E-state index contributed by atoms with van der Waals surface area (Å²) in [6.45, 7) is -0.0518. The smallest absolute Gasteiger partial charge is 0.254 e. The van der Waals surface area contributed by atoms with E-state index < -0.39 is 0 Å². The van der Waals surface area contributed by atoms with Crippen LogP contribution in [0.4, 0.5) is 5.69 Å². The number of methoxy groups -OCH3 is 1.